The zero-order valence-electron chi connectivity index (χ0n) is 23.5. The van der Waals surface area contributed by atoms with Gasteiger partial charge in [-0.05, 0) is 65.9 Å². The average Bonchev–Trinajstić information content (AvgIpc) is 3.39. The van der Waals surface area contributed by atoms with Gasteiger partial charge in [-0.15, -0.1) is 23.5 Å². The van der Waals surface area contributed by atoms with Crippen molar-refractivity contribution in [2.75, 3.05) is 18.1 Å². The largest absolute Gasteiger partial charge is 1.00 e. The van der Waals surface area contributed by atoms with E-state index in [1.54, 1.807) is 24.3 Å². The summed E-state index contributed by atoms with van der Waals surface area (Å²) in [5.41, 5.74) is 2.10. The molecule has 2 atom stereocenters. The monoisotopic (exact) mass is 619 g/mol. The predicted molar refractivity (Wildman–Crippen MR) is 151 cm³/mol. The fraction of sp³-hybridized carbons (Fsp3) is 0.250. The minimum absolute atomic E-state index is 0. The summed E-state index contributed by atoms with van der Waals surface area (Å²) in [4.78, 5) is 63.8. The molecule has 2 fully saturated rings. The summed E-state index contributed by atoms with van der Waals surface area (Å²) in [6.45, 7) is 0.428. The number of phenolic OH excluding ortho intramolecular Hbond substituents is 1. The summed E-state index contributed by atoms with van der Waals surface area (Å²) in [5.74, 6) is -3.31. The Morgan fingerprint density at radius 2 is 1.74 bits per heavy atom. The van der Waals surface area contributed by atoms with Crippen LogP contribution in [0.1, 0.15) is 23.8 Å². The molecule has 0 aliphatic carbocycles. The molecule has 0 unspecified atom stereocenters. The number of aromatic hydroxyl groups is 1. The molecular weight excluding hydrogens is 593 g/mol. The Morgan fingerprint density at radius 3 is 2.33 bits per heavy atom. The fourth-order valence-corrected chi connectivity index (χ4v) is 7.02. The molecular formula is C28H26N3NaO8S2. The summed E-state index contributed by atoms with van der Waals surface area (Å²) < 4.78 is 0. The zero-order chi connectivity index (χ0) is 29.3. The molecule has 3 aliphatic rings. The van der Waals surface area contributed by atoms with Crippen molar-refractivity contribution in [1.29, 1.82) is 0 Å². The predicted octanol–water partition coefficient (Wildman–Crippen LogP) is -0.903. The summed E-state index contributed by atoms with van der Waals surface area (Å²) in [6.07, 6.45) is 0.660. The number of hydrogen-bond donors (Lipinski definition) is 5. The van der Waals surface area contributed by atoms with Crippen LogP contribution in [0.4, 0.5) is 0 Å². The minimum atomic E-state index is -1.30. The molecule has 0 spiro atoms. The molecule has 3 heterocycles. The van der Waals surface area contributed by atoms with Crippen LogP contribution in [-0.2, 0) is 25.6 Å². The van der Waals surface area contributed by atoms with Crippen LogP contribution in [0, 0.1) is 0 Å². The smallest absolute Gasteiger partial charge is 1.00 e. The fourth-order valence-electron chi connectivity index (χ4n) is 4.93. The number of aromatic carboxylic acids is 1. The van der Waals surface area contributed by atoms with Crippen LogP contribution in [0.5, 0.6) is 5.75 Å². The average molecular weight is 620 g/mol. The third-order valence-corrected chi connectivity index (χ3v) is 9.23. The van der Waals surface area contributed by atoms with E-state index >= 15 is 0 Å². The van der Waals surface area contributed by atoms with Crippen molar-refractivity contribution in [2.45, 2.75) is 29.2 Å². The number of hydrogen-bond acceptors (Lipinski definition) is 8. The van der Waals surface area contributed by atoms with Crippen molar-refractivity contribution in [3.05, 3.63) is 82.1 Å². The first-order chi connectivity index (χ1) is 19.6. The molecule has 0 aromatic heterocycles. The van der Waals surface area contributed by atoms with E-state index in [1.807, 2.05) is 0 Å². The molecule has 2 saturated heterocycles. The van der Waals surface area contributed by atoms with E-state index in [0.717, 1.165) is 5.56 Å². The van der Waals surface area contributed by atoms with Gasteiger partial charge in [0.15, 0.2) is 0 Å². The Morgan fingerprint density at radius 1 is 1.05 bits per heavy atom. The summed E-state index contributed by atoms with van der Waals surface area (Å²) in [6, 6.07) is 11.6. The van der Waals surface area contributed by atoms with Gasteiger partial charge < -0.3 is 27.4 Å². The number of carbonyl (C=O) groups excluding carboxylic acids is 3. The topological polar surface area (TPSA) is 173 Å². The number of carboxylic acid groups (broad SMARTS) is 2. The first-order valence-corrected chi connectivity index (χ1v) is 14.6. The number of rotatable bonds is 9. The number of nitrogens with one attached hydrogen (secondary N) is 2. The van der Waals surface area contributed by atoms with E-state index in [2.05, 4.69) is 10.6 Å². The molecule has 5 rings (SSSR count). The molecule has 2 aromatic carbocycles. The number of amides is 3. The molecule has 5 N–H and O–H groups in total. The Balaban J connectivity index is 0.00000253. The summed E-state index contributed by atoms with van der Waals surface area (Å²) >= 11 is 2.50. The van der Waals surface area contributed by atoms with Gasteiger partial charge >= 0.3 is 41.5 Å². The van der Waals surface area contributed by atoms with Crippen molar-refractivity contribution in [3.63, 3.8) is 0 Å². The summed E-state index contributed by atoms with van der Waals surface area (Å²) in [7, 11) is 0. The number of phenols is 1. The van der Waals surface area contributed by atoms with Crippen LogP contribution in [0.2, 0.25) is 0 Å². The van der Waals surface area contributed by atoms with E-state index in [4.69, 9.17) is 5.11 Å². The second-order valence-corrected chi connectivity index (χ2v) is 11.7. The van der Waals surface area contributed by atoms with Crippen molar-refractivity contribution in [2.24, 2.45) is 0 Å². The van der Waals surface area contributed by atoms with Crippen molar-refractivity contribution >= 4 is 53.2 Å². The van der Waals surface area contributed by atoms with Gasteiger partial charge in [0, 0.05) is 22.8 Å². The number of nitrogens with zero attached hydrogens (tertiary/aromatic N) is 1. The Labute approximate surface area is 272 Å². The molecule has 42 heavy (non-hydrogen) atoms. The Kier molecular flexibility index (Phi) is 10.1. The van der Waals surface area contributed by atoms with Crippen molar-refractivity contribution in [1.82, 2.24) is 15.5 Å². The van der Waals surface area contributed by atoms with E-state index in [-0.39, 0.29) is 71.8 Å². The second-order valence-electron chi connectivity index (χ2n) is 9.51. The molecule has 0 bridgehead atoms. The van der Waals surface area contributed by atoms with Crippen LogP contribution in [0.3, 0.4) is 0 Å². The van der Waals surface area contributed by atoms with Gasteiger partial charge in [0.05, 0.1) is 11.3 Å². The summed E-state index contributed by atoms with van der Waals surface area (Å²) in [5, 5.41) is 33.7. The van der Waals surface area contributed by atoms with Crippen LogP contribution in [0.25, 0.3) is 0 Å². The third kappa shape index (κ3) is 6.55. The molecule has 11 nitrogen and oxygen atoms in total. The van der Waals surface area contributed by atoms with Crippen LogP contribution < -0.4 is 40.2 Å². The van der Waals surface area contributed by atoms with Gasteiger partial charge in [0.25, 0.3) is 5.91 Å². The van der Waals surface area contributed by atoms with E-state index < -0.39 is 35.2 Å². The molecule has 3 amide bonds. The number of fused-ring (bicyclic) bond motifs is 1. The maximum atomic E-state index is 13.2. The minimum Gasteiger partial charge on any atom is -1.00 e. The molecule has 2 aromatic rings. The normalized spacial score (nSPS) is 20.6. The maximum absolute atomic E-state index is 13.2. The van der Waals surface area contributed by atoms with Crippen molar-refractivity contribution < 1.29 is 70.3 Å². The quantitative estimate of drug-likeness (QED) is 0.102. The number of carboxylic acids is 2. The molecule has 14 heteroatoms. The van der Waals surface area contributed by atoms with Crippen LogP contribution in [0.15, 0.2) is 75.8 Å². The standard InChI is InChI=1S/C28H25N3O8S2.Na.H/c32-16-5-1-14(2-6-16)11-19(18-9-10-29-24(18)34)20-12-41-26-22(25(35)31(26)23(20)28(38)39)30-21(33)13-40-17-7-3-15(4-8-17)27(36)37;;/h1-8,22,26,32H,9-13H2,(H,29,34)(H,30,33)(H,36,37)(H,38,39);;/q;+1;-1/t22-,26-;;/m1../s1. The molecule has 0 radical (unpaired) electrons. The van der Waals surface area contributed by atoms with Crippen LogP contribution >= 0.6 is 23.5 Å². The van der Waals surface area contributed by atoms with Gasteiger partial charge in [0.2, 0.25) is 11.8 Å². The van der Waals surface area contributed by atoms with E-state index in [0.29, 0.717) is 34.6 Å². The first kappa shape index (κ1) is 31.7. The number of β-lactam (4-membered cyclic amide) rings is 1. The van der Waals surface area contributed by atoms with E-state index in [9.17, 15) is 34.2 Å². The number of allylic oxidation sites excluding steroid dienone is 1. The zero-order valence-corrected chi connectivity index (χ0v) is 26.1. The number of carbonyl (C=O) groups is 5. The third-order valence-electron chi connectivity index (χ3n) is 6.94. The molecule has 3 aliphatic heterocycles. The van der Waals surface area contributed by atoms with Gasteiger partial charge in [-0.1, -0.05) is 12.1 Å². The van der Waals surface area contributed by atoms with Crippen molar-refractivity contribution in [3.8, 4) is 5.75 Å². The van der Waals surface area contributed by atoms with Gasteiger partial charge in [0.1, 0.15) is 22.9 Å². The van der Waals surface area contributed by atoms with Gasteiger partial charge in [-0.25, -0.2) is 9.59 Å². The first-order valence-electron chi connectivity index (χ1n) is 12.6. The Bertz CT molecular complexity index is 1510. The number of thioether (sulfide) groups is 2. The van der Waals surface area contributed by atoms with Crippen LogP contribution in [-0.4, -0.2) is 79.3 Å². The maximum Gasteiger partial charge on any atom is 1.00 e. The Hall–Kier alpha value is -3.23. The van der Waals surface area contributed by atoms with E-state index in [1.165, 1.54) is 52.7 Å². The van der Waals surface area contributed by atoms with Gasteiger partial charge in [-0.3, -0.25) is 19.3 Å². The second kappa shape index (κ2) is 13.4. The SMILES string of the molecule is O=C(CSc1ccc(C(=O)O)cc1)N[C@@H]1C(=O)N2C(C(=O)O)=C(C(Cc3ccc(O)cc3)=C3CCNC3=O)CS[C@H]12.[H-].[Na+]. The molecule has 214 valence electrons. The van der Waals surface area contributed by atoms with Gasteiger partial charge in [-0.2, -0.15) is 0 Å². The number of aliphatic carboxylic acids is 1. The number of benzene rings is 2. The molecule has 0 saturated carbocycles.